The van der Waals surface area contributed by atoms with E-state index < -0.39 is 47.6 Å². The van der Waals surface area contributed by atoms with Crippen LogP contribution in [-0.4, -0.2) is 23.0 Å². The first-order valence-corrected chi connectivity index (χ1v) is 10.8. The van der Waals surface area contributed by atoms with Crippen molar-refractivity contribution in [1.29, 1.82) is 10.5 Å². The second-order valence-corrected chi connectivity index (χ2v) is 8.92. The standard InChI is InChI=1S/C26H23F2N3O2/c1-16-21(23-17(2)33-24(32)25(23,11-12-29)15-26(16,27)28)10-9-20-8-7-19(14-31-20)22-6-4-3-5-18(22)13-30/h3-10,14,16-17,21,23H,11,15H2,1-2H3/b10-9+/t16-,17+,21-,23-,25+/m0/s1. The Hall–Kier alpha value is -3.58. The van der Waals surface area contributed by atoms with Gasteiger partial charge in [-0.15, -0.1) is 0 Å². The molecule has 0 bridgehead atoms. The molecular weight excluding hydrogens is 424 g/mol. The number of nitriles is 2. The summed E-state index contributed by atoms with van der Waals surface area (Å²) >= 11 is 0. The molecule has 4 rings (SSSR count). The van der Waals surface area contributed by atoms with E-state index >= 15 is 0 Å². The SMILES string of the molecule is C[C@H]1OC(=O)[C@]2(CC#N)CC(F)(F)[C@@H](C)[C@H](/C=C/c3ccc(-c4ccccc4C#N)cn3)[C@H]12. The minimum Gasteiger partial charge on any atom is -0.462 e. The lowest BCUT2D eigenvalue weighted by atomic mass is 9.55. The smallest absolute Gasteiger partial charge is 0.314 e. The zero-order chi connectivity index (χ0) is 23.8. The van der Waals surface area contributed by atoms with E-state index in [1.807, 2.05) is 24.3 Å². The van der Waals surface area contributed by atoms with Gasteiger partial charge >= 0.3 is 5.97 Å². The summed E-state index contributed by atoms with van der Waals surface area (Å²) in [6, 6.07) is 14.9. The van der Waals surface area contributed by atoms with Crippen LogP contribution in [0.3, 0.4) is 0 Å². The van der Waals surface area contributed by atoms with Gasteiger partial charge in [0.05, 0.1) is 35.2 Å². The highest BCUT2D eigenvalue weighted by Crippen LogP contribution is 2.60. The van der Waals surface area contributed by atoms with Crippen LogP contribution in [0, 0.1) is 45.8 Å². The maximum Gasteiger partial charge on any atom is 0.314 e. The summed E-state index contributed by atoms with van der Waals surface area (Å²) in [5.74, 6) is -6.01. The minimum absolute atomic E-state index is 0.293. The van der Waals surface area contributed by atoms with Crippen molar-refractivity contribution in [2.45, 2.75) is 38.7 Å². The molecule has 1 aromatic heterocycles. The van der Waals surface area contributed by atoms with Gasteiger partial charge in [0.1, 0.15) is 6.10 Å². The van der Waals surface area contributed by atoms with Gasteiger partial charge in [0.15, 0.2) is 0 Å². The van der Waals surface area contributed by atoms with Crippen LogP contribution < -0.4 is 0 Å². The number of hydrogen-bond acceptors (Lipinski definition) is 5. The molecule has 1 aliphatic carbocycles. The van der Waals surface area contributed by atoms with Gasteiger partial charge in [0, 0.05) is 35.6 Å². The maximum atomic E-state index is 15.0. The Morgan fingerprint density at radius 2 is 1.97 bits per heavy atom. The van der Waals surface area contributed by atoms with E-state index in [4.69, 9.17) is 4.74 Å². The molecule has 168 valence electrons. The molecule has 5 nitrogen and oxygen atoms in total. The third-order valence-corrected chi connectivity index (χ3v) is 7.08. The van der Waals surface area contributed by atoms with Crippen molar-refractivity contribution >= 4 is 12.0 Å². The number of halogens is 2. The first kappa shape index (κ1) is 22.6. The number of hydrogen-bond donors (Lipinski definition) is 0. The third kappa shape index (κ3) is 3.78. The quantitative estimate of drug-likeness (QED) is 0.587. The molecule has 2 heterocycles. The van der Waals surface area contributed by atoms with Crippen molar-refractivity contribution in [1.82, 2.24) is 4.98 Å². The van der Waals surface area contributed by atoms with Crippen molar-refractivity contribution in [3.8, 4) is 23.3 Å². The highest BCUT2D eigenvalue weighted by atomic mass is 19.3. The maximum absolute atomic E-state index is 15.0. The Kier molecular flexibility index (Phi) is 5.76. The Labute approximate surface area is 191 Å². The Balaban J connectivity index is 1.66. The molecule has 0 N–H and O–H groups in total. The van der Waals surface area contributed by atoms with Gasteiger partial charge in [-0.2, -0.15) is 10.5 Å². The molecule has 1 aromatic carbocycles. The summed E-state index contributed by atoms with van der Waals surface area (Å²) in [5, 5.41) is 18.6. The fourth-order valence-electron chi connectivity index (χ4n) is 5.38. The summed E-state index contributed by atoms with van der Waals surface area (Å²) in [6.45, 7) is 3.19. The lowest BCUT2D eigenvalue weighted by Gasteiger charge is -2.47. The van der Waals surface area contributed by atoms with E-state index in [1.54, 1.807) is 43.5 Å². The van der Waals surface area contributed by atoms with Gasteiger partial charge in [-0.1, -0.05) is 37.3 Å². The highest BCUT2D eigenvalue weighted by molar-refractivity contribution is 5.81. The zero-order valence-corrected chi connectivity index (χ0v) is 18.3. The Morgan fingerprint density at radius 1 is 1.21 bits per heavy atom. The van der Waals surface area contributed by atoms with E-state index in [9.17, 15) is 24.1 Å². The number of alkyl halides is 2. The van der Waals surface area contributed by atoms with Gasteiger partial charge in [-0.25, -0.2) is 8.78 Å². The van der Waals surface area contributed by atoms with E-state index in [2.05, 4.69) is 11.1 Å². The average Bonchev–Trinajstić information content (AvgIpc) is 3.03. The van der Waals surface area contributed by atoms with E-state index in [0.29, 0.717) is 11.3 Å². The second kappa shape index (κ2) is 8.41. The fourth-order valence-corrected chi connectivity index (χ4v) is 5.38. The van der Waals surface area contributed by atoms with Gasteiger partial charge in [-0.05, 0) is 31.1 Å². The molecule has 0 unspecified atom stereocenters. The molecule has 2 aliphatic rings. The van der Waals surface area contributed by atoms with Crippen LogP contribution in [0.25, 0.3) is 17.2 Å². The molecule has 1 saturated heterocycles. The minimum atomic E-state index is -3.11. The number of aromatic nitrogens is 1. The number of benzene rings is 1. The third-order valence-electron chi connectivity index (χ3n) is 7.08. The molecule has 7 heteroatoms. The van der Waals surface area contributed by atoms with Crippen molar-refractivity contribution in [2.75, 3.05) is 0 Å². The van der Waals surface area contributed by atoms with Crippen LogP contribution in [0.4, 0.5) is 8.78 Å². The highest BCUT2D eigenvalue weighted by Gasteiger charge is 2.67. The lowest BCUT2D eigenvalue weighted by Crippen LogP contribution is -2.53. The number of carbonyl (C=O) groups excluding carboxylic acids is 1. The number of rotatable bonds is 4. The van der Waals surface area contributed by atoms with Crippen molar-refractivity contribution < 1.29 is 18.3 Å². The van der Waals surface area contributed by atoms with Crippen molar-refractivity contribution in [3.05, 3.63) is 59.9 Å². The molecule has 0 radical (unpaired) electrons. The van der Waals surface area contributed by atoms with Crippen LogP contribution in [0.15, 0.2) is 48.7 Å². The number of fused-ring (bicyclic) bond motifs is 1. The molecule has 33 heavy (non-hydrogen) atoms. The van der Waals surface area contributed by atoms with Crippen molar-refractivity contribution in [3.63, 3.8) is 0 Å². The number of ether oxygens (including phenoxy) is 1. The van der Waals surface area contributed by atoms with E-state index in [-0.39, 0.29) is 6.42 Å². The predicted octanol–water partition coefficient (Wildman–Crippen LogP) is 5.39. The van der Waals surface area contributed by atoms with Gasteiger partial charge < -0.3 is 4.74 Å². The fraction of sp³-hybridized carbons (Fsp3) is 0.385. The molecule has 0 spiro atoms. The molecule has 5 atom stereocenters. The van der Waals surface area contributed by atoms with Gasteiger partial charge in [-0.3, -0.25) is 9.78 Å². The van der Waals surface area contributed by atoms with Gasteiger partial charge in [0.2, 0.25) is 0 Å². The number of allylic oxidation sites excluding steroid dienone is 1. The largest absolute Gasteiger partial charge is 0.462 e. The zero-order valence-electron chi connectivity index (χ0n) is 18.3. The Morgan fingerprint density at radius 3 is 2.64 bits per heavy atom. The number of pyridine rings is 1. The van der Waals surface area contributed by atoms with Crippen molar-refractivity contribution in [2.24, 2.45) is 23.2 Å². The molecule has 0 amide bonds. The predicted molar refractivity (Wildman–Crippen MR) is 117 cm³/mol. The number of esters is 1. The lowest BCUT2D eigenvalue weighted by molar-refractivity contribution is -0.170. The van der Waals surface area contributed by atoms with E-state index in [0.717, 1.165) is 11.1 Å². The number of nitrogens with zero attached hydrogens (tertiary/aromatic N) is 3. The van der Waals surface area contributed by atoms with Crippen LogP contribution in [0.5, 0.6) is 0 Å². The molecule has 2 fully saturated rings. The Bertz CT molecular complexity index is 1180. The molecule has 2 aromatic rings. The van der Waals surface area contributed by atoms with Crippen LogP contribution >= 0.6 is 0 Å². The first-order chi connectivity index (χ1) is 15.7. The monoisotopic (exact) mass is 447 g/mol. The first-order valence-electron chi connectivity index (χ1n) is 10.8. The molecular formula is C26H23F2N3O2. The van der Waals surface area contributed by atoms with E-state index in [1.165, 1.54) is 6.92 Å². The normalized spacial score (nSPS) is 30.3. The summed E-state index contributed by atoms with van der Waals surface area (Å²) < 4.78 is 35.4. The molecule has 1 saturated carbocycles. The second-order valence-electron chi connectivity index (χ2n) is 8.92. The topological polar surface area (TPSA) is 86.8 Å². The van der Waals surface area contributed by atoms with Gasteiger partial charge in [0.25, 0.3) is 5.92 Å². The molecule has 1 aliphatic heterocycles. The summed E-state index contributed by atoms with van der Waals surface area (Å²) in [7, 11) is 0. The number of cyclic esters (lactones) is 1. The van der Waals surface area contributed by atoms with Crippen LogP contribution in [0.1, 0.15) is 37.9 Å². The van der Waals surface area contributed by atoms with Crippen LogP contribution in [0.2, 0.25) is 0 Å². The average molecular weight is 447 g/mol. The summed E-state index contributed by atoms with van der Waals surface area (Å²) in [4.78, 5) is 17.0. The number of carbonyl (C=O) groups is 1. The van der Waals surface area contributed by atoms with Crippen LogP contribution in [-0.2, 0) is 9.53 Å². The summed E-state index contributed by atoms with van der Waals surface area (Å²) in [5.41, 5.74) is 1.14. The summed E-state index contributed by atoms with van der Waals surface area (Å²) in [6.07, 6.45) is 3.47.